The molecule has 0 saturated heterocycles. The molecule has 0 amide bonds. The summed E-state index contributed by atoms with van der Waals surface area (Å²) in [5, 5.41) is 0. The largest absolute Gasteiger partial charge is 0.573 e. The summed E-state index contributed by atoms with van der Waals surface area (Å²) in [5.74, 6) is -0.748. The van der Waals surface area contributed by atoms with E-state index in [9.17, 15) is 13.2 Å². The van der Waals surface area contributed by atoms with Gasteiger partial charge in [-0.05, 0) is 6.92 Å². The highest BCUT2D eigenvalue weighted by Crippen LogP contribution is 2.35. The summed E-state index contributed by atoms with van der Waals surface area (Å²) in [6, 6.07) is 4.64. The van der Waals surface area contributed by atoms with Crippen molar-refractivity contribution in [3.8, 4) is 5.75 Å². The molecule has 0 aliphatic carbocycles. The lowest BCUT2D eigenvalue weighted by Gasteiger charge is -2.17. The topological polar surface area (TPSA) is 9.23 Å². The second-order valence-corrected chi connectivity index (χ2v) is 3.36. The smallest absolute Gasteiger partial charge is 0.405 e. The van der Waals surface area contributed by atoms with Crippen LogP contribution in [-0.2, 0) is 0 Å². The molecule has 1 aromatic carbocycles. The number of hydrogen-bond acceptors (Lipinski definition) is 1. The Balaban J connectivity index is 3.30. The van der Waals surface area contributed by atoms with Gasteiger partial charge in [-0.15, -0.1) is 19.8 Å². The van der Waals surface area contributed by atoms with Gasteiger partial charge >= 0.3 is 6.36 Å². The Bertz CT molecular complexity index is 421. The molecule has 1 unspecified atom stereocenters. The molecule has 4 heteroatoms. The van der Waals surface area contributed by atoms with Gasteiger partial charge in [-0.3, -0.25) is 0 Å². The molecule has 0 fully saturated rings. The van der Waals surface area contributed by atoms with Gasteiger partial charge in [0.25, 0.3) is 0 Å². The van der Waals surface area contributed by atoms with E-state index >= 15 is 0 Å². The van der Waals surface area contributed by atoms with Crippen molar-refractivity contribution < 1.29 is 17.9 Å². The Hall–Kier alpha value is -1.71. The molecule has 17 heavy (non-hydrogen) atoms. The number of hydrogen-bond donors (Lipinski definition) is 0. The van der Waals surface area contributed by atoms with Crippen LogP contribution < -0.4 is 4.74 Å². The zero-order chi connectivity index (χ0) is 13.1. The predicted molar refractivity (Wildman–Crippen MR) is 61.5 cm³/mol. The van der Waals surface area contributed by atoms with Crippen molar-refractivity contribution in [3.63, 3.8) is 0 Å². The average molecular weight is 241 g/mol. The first-order valence-electron chi connectivity index (χ1n) is 4.85. The van der Waals surface area contributed by atoms with E-state index in [0.29, 0.717) is 5.56 Å². The summed E-state index contributed by atoms with van der Waals surface area (Å²) in [6.07, 6.45) is -1.99. The van der Waals surface area contributed by atoms with Crippen molar-refractivity contribution in [3.05, 3.63) is 55.5 Å². The van der Waals surface area contributed by atoms with Gasteiger partial charge in [0, 0.05) is 17.0 Å². The van der Waals surface area contributed by atoms with E-state index < -0.39 is 12.3 Å². The average Bonchev–Trinajstić information content (AvgIpc) is 2.26. The highest BCUT2D eigenvalue weighted by molar-refractivity contribution is 5.60. The number of ether oxygens (including phenoxy) is 1. The number of para-hydroxylation sites is 1. The van der Waals surface area contributed by atoms with E-state index in [4.69, 9.17) is 0 Å². The molecule has 0 aromatic heterocycles. The lowest BCUT2D eigenvalue weighted by Crippen LogP contribution is -2.19. The summed E-state index contributed by atoms with van der Waals surface area (Å²) in [5.41, 5.74) is 0.602. The van der Waals surface area contributed by atoms with Crippen LogP contribution in [0.15, 0.2) is 37.4 Å². The van der Waals surface area contributed by atoms with Gasteiger partial charge in [-0.25, -0.2) is 0 Å². The molecule has 0 heterocycles. The van der Waals surface area contributed by atoms with E-state index in [0.717, 1.165) is 0 Å². The van der Waals surface area contributed by atoms with Crippen molar-refractivity contribution in [1.82, 2.24) is 0 Å². The SMILES string of the molecule is [CH2]C(C=C)c1cccc(C=C)c1OC(F)(F)F. The first-order valence-corrected chi connectivity index (χ1v) is 4.85. The second-order valence-electron chi connectivity index (χ2n) is 3.36. The summed E-state index contributed by atoms with van der Waals surface area (Å²) in [4.78, 5) is 0. The first kappa shape index (κ1) is 13.4. The maximum atomic E-state index is 12.3. The van der Waals surface area contributed by atoms with Crippen LogP contribution in [0.25, 0.3) is 6.08 Å². The van der Waals surface area contributed by atoms with Crippen LogP contribution >= 0.6 is 0 Å². The fourth-order valence-electron chi connectivity index (χ4n) is 1.39. The van der Waals surface area contributed by atoms with Crippen molar-refractivity contribution in [2.75, 3.05) is 0 Å². The van der Waals surface area contributed by atoms with Crippen LogP contribution in [0.2, 0.25) is 0 Å². The van der Waals surface area contributed by atoms with E-state index in [-0.39, 0.29) is 11.3 Å². The third-order valence-corrected chi connectivity index (χ3v) is 2.20. The fraction of sp³-hybridized carbons (Fsp3) is 0.154. The summed E-state index contributed by atoms with van der Waals surface area (Å²) in [7, 11) is 0. The van der Waals surface area contributed by atoms with Crippen LogP contribution in [0.3, 0.4) is 0 Å². The van der Waals surface area contributed by atoms with Gasteiger partial charge in [-0.1, -0.05) is 36.9 Å². The summed E-state index contributed by atoms with van der Waals surface area (Å²) in [6.45, 7) is 10.7. The Morgan fingerprint density at radius 3 is 2.35 bits per heavy atom. The Kier molecular flexibility index (Phi) is 3.99. The number of allylic oxidation sites excluding steroid dienone is 1. The molecule has 0 bridgehead atoms. The maximum absolute atomic E-state index is 12.3. The highest BCUT2D eigenvalue weighted by atomic mass is 19.4. The second kappa shape index (κ2) is 5.08. The van der Waals surface area contributed by atoms with Gasteiger partial charge in [0.05, 0.1) is 0 Å². The normalized spacial score (nSPS) is 12.9. The number of halogens is 3. The molecular weight excluding hydrogens is 229 g/mol. The van der Waals surface area contributed by atoms with E-state index in [1.807, 2.05) is 0 Å². The molecule has 0 N–H and O–H groups in total. The Labute approximate surface area is 98.2 Å². The molecule has 1 atom stereocenters. The quantitative estimate of drug-likeness (QED) is 0.713. The molecule has 0 saturated carbocycles. The standard InChI is InChI=1S/C13H12F3O/c1-4-9(3)11-8-6-7-10(5-2)12(11)17-13(14,15)16/h4-9H,1-3H2. The maximum Gasteiger partial charge on any atom is 0.573 e. The minimum Gasteiger partial charge on any atom is -0.405 e. The monoisotopic (exact) mass is 241 g/mol. The van der Waals surface area contributed by atoms with Crippen molar-refractivity contribution >= 4 is 6.08 Å². The van der Waals surface area contributed by atoms with Crippen LogP contribution in [-0.4, -0.2) is 6.36 Å². The van der Waals surface area contributed by atoms with Crippen molar-refractivity contribution in [1.29, 1.82) is 0 Å². The molecule has 0 spiro atoms. The molecule has 1 radical (unpaired) electrons. The lowest BCUT2D eigenvalue weighted by atomic mass is 9.97. The summed E-state index contributed by atoms with van der Waals surface area (Å²) < 4.78 is 40.9. The van der Waals surface area contributed by atoms with Gasteiger partial charge in [0.15, 0.2) is 0 Å². The van der Waals surface area contributed by atoms with E-state index in [1.165, 1.54) is 24.3 Å². The number of rotatable bonds is 4. The zero-order valence-corrected chi connectivity index (χ0v) is 9.13. The van der Waals surface area contributed by atoms with Crippen LogP contribution in [0, 0.1) is 6.92 Å². The fourth-order valence-corrected chi connectivity index (χ4v) is 1.39. The molecule has 0 aliphatic rings. The minimum atomic E-state index is -4.74. The molecule has 1 aromatic rings. The molecule has 91 valence electrons. The first-order chi connectivity index (χ1) is 7.89. The molecule has 1 nitrogen and oxygen atoms in total. The molecular formula is C13H12F3O. The van der Waals surface area contributed by atoms with Gasteiger partial charge in [-0.2, -0.15) is 0 Å². The van der Waals surface area contributed by atoms with Crippen LogP contribution in [0.1, 0.15) is 17.0 Å². The van der Waals surface area contributed by atoms with E-state index in [2.05, 4.69) is 24.8 Å². The summed E-state index contributed by atoms with van der Waals surface area (Å²) >= 11 is 0. The van der Waals surface area contributed by atoms with Gasteiger partial charge in [0.2, 0.25) is 0 Å². The highest BCUT2D eigenvalue weighted by Gasteiger charge is 2.33. The molecule has 0 aliphatic heterocycles. The zero-order valence-electron chi connectivity index (χ0n) is 9.13. The Morgan fingerprint density at radius 2 is 1.88 bits per heavy atom. The van der Waals surface area contributed by atoms with Crippen molar-refractivity contribution in [2.45, 2.75) is 12.3 Å². The Morgan fingerprint density at radius 1 is 1.24 bits per heavy atom. The van der Waals surface area contributed by atoms with Crippen LogP contribution in [0.5, 0.6) is 5.75 Å². The van der Waals surface area contributed by atoms with Crippen LogP contribution in [0.4, 0.5) is 13.2 Å². The third-order valence-electron chi connectivity index (χ3n) is 2.20. The van der Waals surface area contributed by atoms with Crippen molar-refractivity contribution in [2.24, 2.45) is 0 Å². The predicted octanol–water partition coefficient (Wildman–Crippen LogP) is 4.33. The van der Waals surface area contributed by atoms with Gasteiger partial charge in [0.1, 0.15) is 5.75 Å². The lowest BCUT2D eigenvalue weighted by molar-refractivity contribution is -0.275. The number of benzene rings is 1. The van der Waals surface area contributed by atoms with Gasteiger partial charge < -0.3 is 4.74 Å². The minimum absolute atomic E-state index is 0.269. The molecule has 1 rings (SSSR count). The van der Waals surface area contributed by atoms with E-state index in [1.54, 1.807) is 6.07 Å². The number of alkyl halides is 3. The third kappa shape index (κ3) is 3.37.